The second-order valence-electron chi connectivity index (χ2n) is 13.2. The lowest BCUT2D eigenvalue weighted by molar-refractivity contribution is -0.187. The Balaban J connectivity index is 1.19. The predicted molar refractivity (Wildman–Crippen MR) is 124 cm³/mol. The normalized spacial score (nSPS) is 38.1. The molecule has 38 heavy (non-hydrogen) atoms. The number of hydrogen-bond acceptors (Lipinski definition) is 5. The van der Waals surface area contributed by atoms with E-state index in [1.54, 1.807) is 0 Å². The number of piperidine rings is 1. The molecule has 0 aromatic carbocycles. The van der Waals surface area contributed by atoms with Crippen LogP contribution in [0.2, 0.25) is 0 Å². The van der Waals surface area contributed by atoms with Gasteiger partial charge in [-0.1, -0.05) is 13.8 Å². The van der Waals surface area contributed by atoms with Gasteiger partial charge in [-0.25, -0.2) is 0 Å². The summed E-state index contributed by atoms with van der Waals surface area (Å²) in [6, 6.07) is -1.18. The molecule has 2 saturated heterocycles. The van der Waals surface area contributed by atoms with Crippen LogP contribution in [0.5, 0.6) is 0 Å². The van der Waals surface area contributed by atoms with Gasteiger partial charge in [0.05, 0.1) is 6.07 Å². The fourth-order valence-electron chi connectivity index (χ4n) is 7.90. The van der Waals surface area contributed by atoms with Crippen LogP contribution in [0.1, 0.15) is 58.8 Å². The Labute approximate surface area is 218 Å². The summed E-state index contributed by atoms with van der Waals surface area (Å²) < 4.78 is 39.4. The maximum absolute atomic E-state index is 13.8. The highest BCUT2D eigenvalue weighted by atomic mass is 19.4. The van der Waals surface area contributed by atoms with Gasteiger partial charge in [0.15, 0.2) is 0 Å². The van der Waals surface area contributed by atoms with Gasteiger partial charge in [-0.15, -0.1) is 0 Å². The third-order valence-electron chi connectivity index (χ3n) is 10.5. The molecule has 4 amide bonds. The molecule has 7 aliphatic rings. The van der Waals surface area contributed by atoms with Gasteiger partial charge in [0.2, 0.25) is 17.7 Å². The van der Waals surface area contributed by atoms with Crippen LogP contribution in [-0.2, 0) is 19.2 Å². The molecule has 0 aromatic heterocycles. The number of alkyl halides is 3. The number of nitrogens with zero attached hydrogens (tertiary/aromatic N) is 2. The van der Waals surface area contributed by atoms with Gasteiger partial charge in [0, 0.05) is 23.4 Å². The summed E-state index contributed by atoms with van der Waals surface area (Å²) in [6.45, 7) is 4.17. The first kappa shape index (κ1) is 25.4. The van der Waals surface area contributed by atoms with E-state index >= 15 is 0 Å². The van der Waals surface area contributed by atoms with Crippen molar-refractivity contribution < 1.29 is 32.3 Å². The Morgan fingerprint density at radius 1 is 1.16 bits per heavy atom. The minimum absolute atomic E-state index is 0.00920. The predicted octanol–water partition coefficient (Wildman–Crippen LogP) is 1.38. The van der Waals surface area contributed by atoms with Crippen LogP contribution in [0.4, 0.5) is 13.2 Å². The van der Waals surface area contributed by atoms with Crippen molar-refractivity contribution in [1.29, 1.82) is 5.26 Å². The van der Waals surface area contributed by atoms with E-state index < -0.39 is 47.4 Å². The number of nitriles is 1. The minimum atomic E-state index is -5.13. The molecule has 7 fully saturated rings. The van der Waals surface area contributed by atoms with E-state index in [1.165, 1.54) is 4.90 Å². The summed E-state index contributed by atoms with van der Waals surface area (Å²) in [6.07, 6.45) is -0.809. The number of hydrogen-bond donors (Lipinski definition) is 3. The average Bonchev–Trinajstić information content (AvgIpc) is 3.48. The highest BCUT2D eigenvalue weighted by Gasteiger charge is 2.71. The van der Waals surface area contributed by atoms with Crippen LogP contribution < -0.4 is 16.0 Å². The molecule has 0 radical (unpaired) electrons. The van der Waals surface area contributed by atoms with Crippen molar-refractivity contribution in [3.8, 4) is 6.07 Å². The molecule has 1 spiro atoms. The van der Waals surface area contributed by atoms with Crippen LogP contribution in [-0.4, -0.2) is 64.9 Å². The van der Waals surface area contributed by atoms with Gasteiger partial charge < -0.3 is 20.9 Å². The minimum Gasteiger partial charge on any atom is -0.350 e. The number of carbonyl (C=O) groups is 4. The Kier molecular flexibility index (Phi) is 5.26. The van der Waals surface area contributed by atoms with Gasteiger partial charge in [0.1, 0.15) is 18.1 Å². The van der Waals surface area contributed by atoms with E-state index in [1.807, 2.05) is 19.2 Å². The topological polar surface area (TPSA) is 131 Å². The van der Waals surface area contributed by atoms with Crippen LogP contribution in [0.15, 0.2) is 0 Å². The quantitative estimate of drug-likeness (QED) is 0.453. The third kappa shape index (κ3) is 3.79. The van der Waals surface area contributed by atoms with Crippen molar-refractivity contribution in [3.05, 3.63) is 0 Å². The molecule has 3 N–H and O–H groups in total. The van der Waals surface area contributed by atoms with Crippen molar-refractivity contribution in [3.63, 3.8) is 0 Å². The molecule has 2 aliphatic heterocycles. The molecule has 206 valence electrons. The molecule has 1 unspecified atom stereocenters. The summed E-state index contributed by atoms with van der Waals surface area (Å²) in [7, 11) is 0. The zero-order chi connectivity index (χ0) is 27.4. The van der Waals surface area contributed by atoms with Crippen LogP contribution in [0.3, 0.4) is 0 Å². The maximum Gasteiger partial charge on any atom is 0.471 e. The number of nitrogens with one attached hydrogen (secondary N) is 3. The smallest absolute Gasteiger partial charge is 0.350 e. The molecule has 5 saturated carbocycles. The molecule has 0 aromatic rings. The Morgan fingerprint density at radius 3 is 2.32 bits per heavy atom. The standard InChI is InChI=1S/C26H32F3N5O4/c1-23(2)15-11-34(21(37)18(24-6-12(7-24)8-24)32-22(38)26(27,28)29)17(16(15)23)20(36)31-14(10-30)5-13-9-25(3-4-25)33-19(13)35/h12-18H,3-9,11H2,1-2H3,(H,31,36)(H,32,38)(H,33,35)/t12?,13-,14+,15+,16+,17+,18?,24?/m1/s1. The van der Waals surface area contributed by atoms with Crippen molar-refractivity contribution >= 4 is 23.6 Å². The number of carbonyl (C=O) groups excluding carboxylic acids is 4. The van der Waals surface area contributed by atoms with Gasteiger partial charge in [0.25, 0.3) is 0 Å². The van der Waals surface area contributed by atoms with Crippen molar-refractivity contribution in [2.45, 2.75) is 88.6 Å². The molecule has 9 nitrogen and oxygen atoms in total. The van der Waals surface area contributed by atoms with Crippen molar-refractivity contribution in [2.24, 2.45) is 34.5 Å². The molecule has 12 heteroatoms. The van der Waals surface area contributed by atoms with Crippen LogP contribution in [0, 0.1) is 45.8 Å². The zero-order valence-electron chi connectivity index (χ0n) is 21.4. The summed E-state index contributed by atoms with van der Waals surface area (Å²) in [5.74, 6) is -3.73. The molecular weight excluding hydrogens is 503 g/mol. The van der Waals surface area contributed by atoms with E-state index in [0.717, 1.165) is 12.8 Å². The Hall–Kier alpha value is -2.84. The molecule has 6 atom stereocenters. The number of halogens is 3. The highest BCUT2D eigenvalue weighted by Crippen LogP contribution is 2.68. The molecule has 2 heterocycles. The Morgan fingerprint density at radius 2 is 1.82 bits per heavy atom. The first-order valence-electron chi connectivity index (χ1n) is 13.4. The maximum atomic E-state index is 13.8. The fourth-order valence-corrected chi connectivity index (χ4v) is 7.90. The summed E-state index contributed by atoms with van der Waals surface area (Å²) >= 11 is 0. The summed E-state index contributed by atoms with van der Waals surface area (Å²) in [5, 5.41) is 17.4. The molecule has 2 bridgehead atoms. The SMILES string of the molecule is CC1(C)[C@@H]2[C@@H](C(=O)N[C@H](C#N)C[C@@H]3CC4(CC4)NC3=O)N(C(=O)C(NC(=O)C(F)(F)F)C34CC(C3)C4)C[C@@H]21. The lowest BCUT2D eigenvalue weighted by atomic mass is 9.41. The summed E-state index contributed by atoms with van der Waals surface area (Å²) in [5.41, 5.74) is -1.11. The van der Waals surface area contributed by atoms with Crippen molar-refractivity contribution in [2.75, 3.05) is 6.54 Å². The van der Waals surface area contributed by atoms with Crippen molar-refractivity contribution in [1.82, 2.24) is 20.9 Å². The molecule has 5 aliphatic carbocycles. The van der Waals surface area contributed by atoms with Crippen LogP contribution in [0.25, 0.3) is 0 Å². The van der Waals surface area contributed by atoms with E-state index in [0.29, 0.717) is 31.6 Å². The average molecular weight is 536 g/mol. The van der Waals surface area contributed by atoms with Gasteiger partial charge in [-0.3, -0.25) is 19.2 Å². The number of rotatable bonds is 7. The lowest BCUT2D eigenvalue weighted by Crippen LogP contribution is -2.70. The number of amides is 4. The van der Waals surface area contributed by atoms with Gasteiger partial charge >= 0.3 is 12.1 Å². The third-order valence-corrected chi connectivity index (χ3v) is 10.5. The van der Waals surface area contributed by atoms with Gasteiger partial charge in [-0.05, 0) is 68.1 Å². The van der Waals surface area contributed by atoms with E-state index in [4.69, 9.17) is 0 Å². The molecular formula is C26H32F3N5O4. The van der Waals surface area contributed by atoms with E-state index in [-0.39, 0.29) is 47.6 Å². The second kappa shape index (κ2) is 7.85. The largest absolute Gasteiger partial charge is 0.471 e. The van der Waals surface area contributed by atoms with Gasteiger partial charge in [-0.2, -0.15) is 18.4 Å². The monoisotopic (exact) mass is 535 g/mol. The fraction of sp³-hybridized carbons (Fsp3) is 0.808. The van der Waals surface area contributed by atoms with E-state index in [9.17, 15) is 37.6 Å². The van der Waals surface area contributed by atoms with Crippen LogP contribution >= 0.6 is 0 Å². The highest BCUT2D eigenvalue weighted by molar-refractivity contribution is 5.95. The summed E-state index contributed by atoms with van der Waals surface area (Å²) in [4.78, 5) is 52.9. The second-order valence-corrected chi connectivity index (χ2v) is 13.2. The lowest BCUT2D eigenvalue weighted by Gasteiger charge is -2.65. The number of likely N-dealkylation sites (tertiary alicyclic amines) is 1. The Bertz CT molecular complexity index is 1140. The molecule has 7 rings (SSSR count). The van der Waals surface area contributed by atoms with E-state index in [2.05, 4.69) is 16.7 Å². The first-order valence-corrected chi connectivity index (χ1v) is 13.4. The zero-order valence-corrected chi connectivity index (χ0v) is 21.4. The number of fused-ring (bicyclic) bond motifs is 1. The first-order chi connectivity index (χ1) is 17.7.